The lowest BCUT2D eigenvalue weighted by atomic mass is 9.76. The van der Waals surface area contributed by atoms with E-state index in [1.54, 1.807) is 0 Å². The third kappa shape index (κ3) is 0.978. The molecule has 0 spiro atoms. The summed E-state index contributed by atoms with van der Waals surface area (Å²) < 4.78 is 5.88. The smallest absolute Gasteiger partial charge is 0.151 e. The van der Waals surface area contributed by atoms with Crippen LogP contribution in [0.5, 0.6) is 0 Å². The van der Waals surface area contributed by atoms with Crippen molar-refractivity contribution >= 4 is 5.78 Å². The molecule has 0 saturated heterocycles. The van der Waals surface area contributed by atoms with Gasteiger partial charge in [0.05, 0.1) is 18.6 Å². The largest absolute Gasteiger partial charge is 0.369 e. The topological polar surface area (TPSA) is 26.3 Å². The van der Waals surface area contributed by atoms with Gasteiger partial charge in [-0.15, -0.1) is 0 Å². The molecular weight excluding hydrogens is 200 g/mol. The molecule has 16 heavy (non-hydrogen) atoms. The summed E-state index contributed by atoms with van der Waals surface area (Å²) >= 11 is 0. The Morgan fingerprint density at radius 2 is 2.00 bits per heavy atom. The van der Waals surface area contributed by atoms with Crippen molar-refractivity contribution in [3.63, 3.8) is 0 Å². The lowest BCUT2D eigenvalue weighted by Gasteiger charge is -2.29. The molecule has 3 aliphatic carbocycles. The molecule has 0 aromatic heterocycles. The number of hydrogen-bond donors (Lipinski definition) is 0. The molecule has 1 aromatic carbocycles. The van der Waals surface area contributed by atoms with E-state index >= 15 is 0 Å². The molecule has 0 amide bonds. The van der Waals surface area contributed by atoms with Crippen LogP contribution in [0.3, 0.4) is 0 Å². The van der Waals surface area contributed by atoms with E-state index in [0.717, 1.165) is 6.42 Å². The van der Waals surface area contributed by atoms with E-state index in [2.05, 4.69) is 12.1 Å². The minimum absolute atomic E-state index is 0.236. The summed E-state index contributed by atoms with van der Waals surface area (Å²) in [5.41, 5.74) is 3.95. The van der Waals surface area contributed by atoms with Crippen LogP contribution in [0.25, 0.3) is 0 Å². The fourth-order valence-corrected chi connectivity index (χ4v) is 3.11. The van der Waals surface area contributed by atoms with Crippen LogP contribution in [0.1, 0.15) is 12.0 Å². The van der Waals surface area contributed by atoms with E-state index in [1.807, 2.05) is 18.2 Å². The van der Waals surface area contributed by atoms with E-state index in [1.165, 1.54) is 16.7 Å². The lowest BCUT2D eigenvalue weighted by Crippen LogP contribution is -2.36. The first-order chi connectivity index (χ1) is 7.86. The summed E-state index contributed by atoms with van der Waals surface area (Å²) in [4.78, 5) is 11.4. The Kier molecular flexibility index (Phi) is 1.54. The molecule has 2 heteroatoms. The number of ketones is 1. The third-order valence-electron chi connectivity index (χ3n) is 3.97. The Morgan fingerprint density at radius 3 is 2.62 bits per heavy atom. The molecule has 2 nitrogen and oxygen atoms in total. The number of carbonyl (C=O) groups is 1. The molecule has 0 N–H and O–H groups in total. The maximum absolute atomic E-state index is 11.4. The van der Waals surface area contributed by atoms with E-state index in [0.29, 0.717) is 12.4 Å². The van der Waals surface area contributed by atoms with Crippen molar-refractivity contribution in [3.05, 3.63) is 47.0 Å². The maximum Gasteiger partial charge on any atom is 0.151 e. The molecule has 3 atom stereocenters. The minimum atomic E-state index is 0.236. The van der Waals surface area contributed by atoms with Gasteiger partial charge in [0, 0.05) is 5.92 Å². The summed E-state index contributed by atoms with van der Waals surface area (Å²) in [6.45, 7) is 0.663. The van der Waals surface area contributed by atoms with Crippen molar-refractivity contribution in [2.24, 2.45) is 11.8 Å². The summed E-state index contributed by atoms with van der Waals surface area (Å²) in [7, 11) is 0. The van der Waals surface area contributed by atoms with Gasteiger partial charge in [0.2, 0.25) is 0 Å². The second kappa shape index (κ2) is 2.83. The minimum Gasteiger partial charge on any atom is -0.369 e. The summed E-state index contributed by atoms with van der Waals surface area (Å²) in [6, 6.07) is 10.2. The summed E-state index contributed by atoms with van der Waals surface area (Å²) in [5, 5.41) is 0. The van der Waals surface area contributed by atoms with Gasteiger partial charge in [-0.05, 0) is 23.1 Å². The number of ether oxygens (including phenoxy) is 1. The van der Waals surface area contributed by atoms with Gasteiger partial charge in [-0.1, -0.05) is 30.3 Å². The van der Waals surface area contributed by atoms with Crippen LogP contribution in [0.15, 0.2) is 41.5 Å². The Bertz CT molecular complexity index is 501. The number of fused-ring (bicyclic) bond motifs is 1. The van der Waals surface area contributed by atoms with E-state index < -0.39 is 0 Å². The van der Waals surface area contributed by atoms with Crippen LogP contribution in [0.2, 0.25) is 0 Å². The monoisotopic (exact) mass is 212 g/mol. The molecule has 3 unspecified atom stereocenters. The molecule has 3 aliphatic rings. The highest BCUT2D eigenvalue weighted by molar-refractivity contribution is 6.08. The zero-order valence-corrected chi connectivity index (χ0v) is 8.85. The molecule has 4 rings (SSSR count). The number of Topliss-reactive ketones (excluding diaryl/α,β-unsaturated/α-hetero) is 1. The Labute approximate surface area is 93.9 Å². The van der Waals surface area contributed by atoms with Gasteiger partial charge < -0.3 is 4.74 Å². The van der Waals surface area contributed by atoms with Crippen molar-refractivity contribution in [3.8, 4) is 0 Å². The Balaban J connectivity index is 1.41. The SMILES string of the molecule is O=C1C2CC(OCc3ccccc3)C3=C2C13. The summed E-state index contributed by atoms with van der Waals surface area (Å²) in [5.74, 6) is 0.935. The first kappa shape index (κ1) is 8.71. The van der Waals surface area contributed by atoms with E-state index in [-0.39, 0.29) is 17.9 Å². The normalized spacial score (nSPS) is 33.8. The van der Waals surface area contributed by atoms with Gasteiger partial charge in [-0.2, -0.15) is 0 Å². The van der Waals surface area contributed by atoms with Crippen LogP contribution >= 0.6 is 0 Å². The molecule has 1 saturated carbocycles. The van der Waals surface area contributed by atoms with Gasteiger partial charge in [-0.25, -0.2) is 0 Å². The second-order valence-electron chi connectivity index (χ2n) is 4.82. The highest BCUT2D eigenvalue weighted by atomic mass is 16.5. The molecule has 80 valence electrons. The number of allylic oxidation sites excluding steroid dienone is 1. The van der Waals surface area contributed by atoms with Gasteiger partial charge in [0.25, 0.3) is 0 Å². The standard InChI is InChI=1S/C14H12O2/c15-14-9-6-10(12-11(9)13(12)14)16-7-8-4-2-1-3-5-8/h1-5,9-10,13H,6-7H2. The Morgan fingerprint density at radius 1 is 1.19 bits per heavy atom. The van der Waals surface area contributed by atoms with Gasteiger partial charge in [0.15, 0.2) is 5.78 Å². The Hall–Kier alpha value is -1.41. The van der Waals surface area contributed by atoms with Crippen molar-refractivity contribution in [1.82, 2.24) is 0 Å². The van der Waals surface area contributed by atoms with Gasteiger partial charge in [-0.3, -0.25) is 4.79 Å². The van der Waals surface area contributed by atoms with Crippen molar-refractivity contribution < 1.29 is 9.53 Å². The van der Waals surface area contributed by atoms with E-state index in [4.69, 9.17) is 4.74 Å². The first-order valence-corrected chi connectivity index (χ1v) is 5.79. The van der Waals surface area contributed by atoms with Crippen LogP contribution < -0.4 is 0 Å². The zero-order chi connectivity index (χ0) is 10.7. The first-order valence-electron chi connectivity index (χ1n) is 5.79. The number of carbonyl (C=O) groups excluding carboxylic acids is 1. The van der Waals surface area contributed by atoms with Crippen LogP contribution in [-0.2, 0) is 16.1 Å². The van der Waals surface area contributed by atoms with Gasteiger partial charge >= 0.3 is 0 Å². The summed E-state index contributed by atoms with van der Waals surface area (Å²) in [6.07, 6.45) is 1.15. The molecular formula is C14H12O2. The maximum atomic E-state index is 11.4. The molecule has 0 radical (unpaired) electrons. The fraction of sp³-hybridized carbons (Fsp3) is 0.357. The van der Waals surface area contributed by atoms with Crippen molar-refractivity contribution in [2.45, 2.75) is 19.1 Å². The molecule has 1 fully saturated rings. The number of rotatable bonds is 3. The van der Waals surface area contributed by atoms with E-state index in [9.17, 15) is 4.79 Å². The number of hydrogen-bond acceptors (Lipinski definition) is 2. The number of benzene rings is 1. The van der Waals surface area contributed by atoms with Crippen molar-refractivity contribution in [1.29, 1.82) is 0 Å². The quantitative estimate of drug-likeness (QED) is 0.717. The lowest BCUT2D eigenvalue weighted by molar-refractivity contribution is -0.129. The molecule has 0 aliphatic heterocycles. The van der Waals surface area contributed by atoms with Crippen LogP contribution in [0, 0.1) is 11.8 Å². The average Bonchev–Trinajstić information content (AvgIpc) is 2.91. The van der Waals surface area contributed by atoms with Crippen LogP contribution in [-0.4, -0.2) is 11.9 Å². The molecule has 0 heterocycles. The molecule has 1 aromatic rings. The van der Waals surface area contributed by atoms with Crippen LogP contribution in [0.4, 0.5) is 0 Å². The zero-order valence-electron chi connectivity index (χ0n) is 8.85. The van der Waals surface area contributed by atoms with Crippen molar-refractivity contribution in [2.75, 3.05) is 0 Å². The fourth-order valence-electron chi connectivity index (χ4n) is 3.11. The van der Waals surface area contributed by atoms with Gasteiger partial charge in [0.1, 0.15) is 0 Å². The molecule has 0 bridgehead atoms. The average molecular weight is 212 g/mol. The second-order valence-corrected chi connectivity index (χ2v) is 4.82. The predicted octanol–water partition coefficient (Wildman–Crippen LogP) is 2.10. The predicted molar refractivity (Wildman–Crippen MR) is 58.6 cm³/mol. The third-order valence-corrected chi connectivity index (χ3v) is 3.97. The highest BCUT2D eigenvalue weighted by Gasteiger charge is 2.66. The highest BCUT2D eigenvalue weighted by Crippen LogP contribution is 2.65.